The molecule has 96 valence electrons. The van der Waals surface area contributed by atoms with Gasteiger partial charge in [-0.25, -0.2) is 0 Å². The highest BCUT2D eigenvalue weighted by molar-refractivity contribution is 5.68. The van der Waals surface area contributed by atoms with Crippen LogP contribution in [0.5, 0.6) is 5.75 Å². The third kappa shape index (κ3) is 2.73. The second-order valence-corrected chi connectivity index (χ2v) is 3.70. The van der Waals surface area contributed by atoms with Crippen LogP contribution in [-0.4, -0.2) is 16.1 Å². The molecule has 0 spiro atoms. The SMILES string of the molecule is Cn1cc(-c2ccc(N)c(OC(F)(F)F)c2)cn1. The van der Waals surface area contributed by atoms with E-state index in [-0.39, 0.29) is 5.69 Å². The molecule has 0 unspecified atom stereocenters. The molecule has 2 rings (SSSR count). The standard InChI is InChI=1S/C11H10F3N3O/c1-17-6-8(5-16-17)7-2-3-9(15)10(4-7)18-11(12,13)14/h2-6H,15H2,1H3. The molecule has 4 nitrogen and oxygen atoms in total. The van der Waals surface area contributed by atoms with Crippen LogP contribution in [0.1, 0.15) is 0 Å². The predicted octanol–water partition coefficient (Wildman–Crippen LogP) is 2.57. The summed E-state index contributed by atoms with van der Waals surface area (Å²) in [6.45, 7) is 0. The van der Waals surface area contributed by atoms with Crippen molar-refractivity contribution in [2.75, 3.05) is 5.73 Å². The topological polar surface area (TPSA) is 53.1 Å². The van der Waals surface area contributed by atoms with Crippen LogP contribution in [0.2, 0.25) is 0 Å². The van der Waals surface area contributed by atoms with Crippen molar-refractivity contribution in [3.8, 4) is 16.9 Å². The molecule has 0 aliphatic carbocycles. The molecule has 2 N–H and O–H groups in total. The Morgan fingerprint density at radius 2 is 2.00 bits per heavy atom. The van der Waals surface area contributed by atoms with Crippen molar-refractivity contribution < 1.29 is 17.9 Å². The number of nitrogens with two attached hydrogens (primary N) is 1. The van der Waals surface area contributed by atoms with Gasteiger partial charge in [-0.1, -0.05) is 6.07 Å². The highest BCUT2D eigenvalue weighted by Gasteiger charge is 2.32. The van der Waals surface area contributed by atoms with Gasteiger partial charge in [0.25, 0.3) is 0 Å². The van der Waals surface area contributed by atoms with Crippen molar-refractivity contribution in [2.45, 2.75) is 6.36 Å². The molecule has 0 atom stereocenters. The summed E-state index contributed by atoms with van der Waals surface area (Å²) in [5.74, 6) is -0.413. The Morgan fingerprint density at radius 3 is 2.56 bits per heavy atom. The van der Waals surface area contributed by atoms with Gasteiger partial charge in [0.15, 0.2) is 5.75 Å². The lowest BCUT2D eigenvalue weighted by Crippen LogP contribution is -2.18. The normalized spacial score (nSPS) is 11.6. The first-order valence-corrected chi connectivity index (χ1v) is 4.99. The summed E-state index contributed by atoms with van der Waals surface area (Å²) in [7, 11) is 1.72. The molecule has 0 aliphatic rings. The quantitative estimate of drug-likeness (QED) is 0.841. The van der Waals surface area contributed by atoms with Gasteiger partial charge < -0.3 is 10.5 Å². The average molecular weight is 257 g/mol. The molecule has 7 heteroatoms. The van der Waals surface area contributed by atoms with Gasteiger partial charge in [-0.15, -0.1) is 13.2 Å². The number of hydrogen-bond donors (Lipinski definition) is 1. The molecular formula is C11H10F3N3O. The average Bonchev–Trinajstić information content (AvgIpc) is 2.66. The van der Waals surface area contributed by atoms with Gasteiger partial charge in [0.1, 0.15) is 0 Å². The van der Waals surface area contributed by atoms with Crippen molar-refractivity contribution in [2.24, 2.45) is 7.05 Å². The number of ether oxygens (including phenoxy) is 1. The fourth-order valence-electron chi connectivity index (χ4n) is 1.50. The minimum absolute atomic E-state index is 0.0695. The molecule has 0 fully saturated rings. The summed E-state index contributed by atoms with van der Waals surface area (Å²) in [6, 6.07) is 4.21. The van der Waals surface area contributed by atoms with E-state index in [2.05, 4.69) is 9.84 Å². The van der Waals surface area contributed by atoms with Crippen molar-refractivity contribution in [1.29, 1.82) is 0 Å². The number of halogens is 3. The van der Waals surface area contributed by atoms with Gasteiger partial charge in [-0.2, -0.15) is 5.10 Å². The van der Waals surface area contributed by atoms with Crippen LogP contribution in [0.15, 0.2) is 30.6 Å². The van der Waals surface area contributed by atoms with Gasteiger partial charge in [0, 0.05) is 18.8 Å². The Balaban J connectivity index is 2.37. The number of rotatable bonds is 2. The number of nitrogens with zero attached hydrogens (tertiary/aromatic N) is 2. The van der Waals surface area contributed by atoms with Gasteiger partial charge >= 0.3 is 6.36 Å². The smallest absolute Gasteiger partial charge is 0.404 e. The maximum Gasteiger partial charge on any atom is 0.573 e. The second kappa shape index (κ2) is 4.25. The Hall–Kier alpha value is -2.18. The summed E-state index contributed by atoms with van der Waals surface area (Å²) in [5.41, 5.74) is 6.60. The van der Waals surface area contributed by atoms with Crippen molar-refractivity contribution in [3.05, 3.63) is 30.6 Å². The third-order valence-corrected chi connectivity index (χ3v) is 2.28. The molecule has 1 heterocycles. The zero-order chi connectivity index (χ0) is 13.3. The van der Waals surface area contributed by atoms with Crippen LogP contribution < -0.4 is 10.5 Å². The minimum Gasteiger partial charge on any atom is -0.404 e. The predicted molar refractivity (Wildman–Crippen MR) is 59.7 cm³/mol. The van der Waals surface area contributed by atoms with Gasteiger partial charge in [-0.3, -0.25) is 4.68 Å². The monoisotopic (exact) mass is 257 g/mol. The minimum atomic E-state index is -4.76. The van der Waals surface area contributed by atoms with Crippen molar-refractivity contribution in [1.82, 2.24) is 9.78 Å². The van der Waals surface area contributed by atoms with Crippen LogP contribution in [-0.2, 0) is 7.05 Å². The zero-order valence-corrected chi connectivity index (χ0v) is 9.40. The van der Waals surface area contributed by atoms with Crippen molar-refractivity contribution >= 4 is 5.69 Å². The van der Waals surface area contributed by atoms with Gasteiger partial charge in [0.2, 0.25) is 0 Å². The van der Waals surface area contributed by atoms with Crippen LogP contribution in [0.3, 0.4) is 0 Å². The molecule has 1 aromatic heterocycles. The van der Waals surface area contributed by atoms with E-state index in [1.54, 1.807) is 30.2 Å². The maximum absolute atomic E-state index is 12.2. The first-order chi connectivity index (χ1) is 8.35. The lowest BCUT2D eigenvalue weighted by atomic mass is 10.1. The molecule has 1 aromatic carbocycles. The lowest BCUT2D eigenvalue weighted by Gasteiger charge is -2.11. The Kier molecular flexibility index (Phi) is 2.90. The summed E-state index contributed by atoms with van der Waals surface area (Å²) in [6.07, 6.45) is -1.53. The van der Waals surface area contributed by atoms with E-state index in [9.17, 15) is 13.2 Å². The molecular weight excluding hydrogens is 247 g/mol. The maximum atomic E-state index is 12.2. The number of anilines is 1. The second-order valence-electron chi connectivity index (χ2n) is 3.70. The van der Waals surface area contributed by atoms with Crippen LogP contribution in [0, 0.1) is 0 Å². The highest BCUT2D eigenvalue weighted by Crippen LogP contribution is 2.32. The zero-order valence-electron chi connectivity index (χ0n) is 9.40. The molecule has 0 bridgehead atoms. The van der Waals surface area contributed by atoms with E-state index in [1.165, 1.54) is 12.1 Å². The molecule has 0 radical (unpaired) electrons. The van der Waals surface area contributed by atoms with E-state index < -0.39 is 12.1 Å². The summed E-state index contributed by atoms with van der Waals surface area (Å²) < 4.78 is 41.9. The van der Waals surface area contributed by atoms with E-state index in [4.69, 9.17) is 5.73 Å². The summed E-state index contributed by atoms with van der Waals surface area (Å²) in [4.78, 5) is 0. The molecule has 0 aliphatic heterocycles. The summed E-state index contributed by atoms with van der Waals surface area (Å²) >= 11 is 0. The number of nitrogen functional groups attached to an aromatic ring is 1. The number of alkyl halides is 3. The molecule has 0 amide bonds. The van der Waals surface area contributed by atoms with E-state index >= 15 is 0 Å². The fraction of sp³-hybridized carbons (Fsp3) is 0.182. The Bertz CT molecular complexity index is 563. The first kappa shape index (κ1) is 12.3. The van der Waals surface area contributed by atoms with Crippen LogP contribution >= 0.6 is 0 Å². The fourth-order valence-corrected chi connectivity index (χ4v) is 1.50. The van der Waals surface area contributed by atoms with E-state index in [0.717, 1.165) is 0 Å². The first-order valence-electron chi connectivity index (χ1n) is 4.99. The van der Waals surface area contributed by atoms with Crippen LogP contribution in [0.4, 0.5) is 18.9 Å². The lowest BCUT2D eigenvalue weighted by molar-refractivity contribution is -0.274. The summed E-state index contributed by atoms with van der Waals surface area (Å²) in [5, 5.41) is 3.94. The van der Waals surface area contributed by atoms with Gasteiger partial charge in [-0.05, 0) is 17.7 Å². The number of aryl methyl sites for hydroxylation is 1. The molecule has 2 aromatic rings. The van der Waals surface area contributed by atoms with Crippen LogP contribution in [0.25, 0.3) is 11.1 Å². The Labute approximate surface area is 101 Å². The van der Waals surface area contributed by atoms with Gasteiger partial charge in [0.05, 0.1) is 11.9 Å². The number of hydrogen-bond acceptors (Lipinski definition) is 3. The highest BCUT2D eigenvalue weighted by atomic mass is 19.4. The molecule has 18 heavy (non-hydrogen) atoms. The number of aromatic nitrogens is 2. The molecule has 0 saturated carbocycles. The molecule has 0 saturated heterocycles. The largest absolute Gasteiger partial charge is 0.573 e. The third-order valence-electron chi connectivity index (χ3n) is 2.28. The Morgan fingerprint density at radius 1 is 1.28 bits per heavy atom. The van der Waals surface area contributed by atoms with E-state index in [1.807, 2.05) is 0 Å². The number of benzene rings is 1. The van der Waals surface area contributed by atoms with Crippen molar-refractivity contribution in [3.63, 3.8) is 0 Å². The van der Waals surface area contributed by atoms with E-state index in [0.29, 0.717) is 11.1 Å².